The molecular formula is C18H25IN6. The van der Waals surface area contributed by atoms with Gasteiger partial charge in [-0.25, -0.2) is 4.98 Å². The van der Waals surface area contributed by atoms with Crippen molar-refractivity contribution in [3.05, 3.63) is 55.2 Å². The lowest BCUT2D eigenvalue weighted by molar-refractivity contribution is 0.629. The summed E-state index contributed by atoms with van der Waals surface area (Å²) in [4.78, 5) is 8.29. The van der Waals surface area contributed by atoms with E-state index in [0.717, 1.165) is 38.6 Å². The minimum atomic E-state index is 0. The van der Waals surface area contributed by atoms with Crippen LogP contribution in [0, 0.1) is 0 Å². The molecular weight excluding hydrogens is 427 g/mol. The highest BCUT2D eigenvalue weighted by atomic mass is 127. The summed E-state index contributed by atoms with van der Waals surface area (Å²) in [5, 5.41) is 7.97. The van der Waals surface area contributed by atoms with Gasteiger partial charge in [-0.15, -0.1) is 24.0 Å². The van der Waals surface area contributed by atoms with Crippen LogP contribution in [0.1, 0.15) is 6.42 Å². The molecule has 3 rings (SSSR count). The average molecular weight is 452 g/mol. The van der Waals surface area contributed by atoms with E-state index in [1.165, 1.54) is 10.9 Å². The number of fused-ring (bicyclic) bond motifs is 1. The average Bonchev–Trinajstić information content (AvgIpc) is 3.27. The zero-order valence-electron chi connectivity index (χ0n) is 14.4. The number of nitrogens with one attached hydrogen (secondary N) is 2. The third-order valence-corrected chi connectivity index (χ3v) is 3.99. The summed E-state index contributed by atoms with van der Waals surface area (Å²) < 4.78 is 4.34. The molecule has 6 nitrogen and oxygen atoms in total. The Hall–Kier alpha value is -2.03. The van der Waals surface area contributed by atoms with E-state index in [4.69, 9.17) is 0 Å². The highest BCUT2D eigenvalue weighted by Crippen LogP contribution is 2.15. The van der Waals surface area contributed by atoms with Crippen molar-refractivity contribution in [3.8, 4) is 0 Å². The third kappa shape index (κ3) is 5.48. The van der Waals surface area contributed by atoms with Gasteiger partial charge in [0.1, 0.15) is 0 Å². The minimum Gasteiger partial charge on any atom is -0.356 e. The van der Waals surface area contributed by atoms with Crippen molar-refractivity contribution >= 4 is 40.8 Å². The maximum Gasteiger partial charge on any atom is 0.191 e. The SMILES string of the molecule is CN=C(NCCCn1ccc2ccccc21)NCCn1ccnc1.I. The number of guanidine groups is 1. The Bertz CT molecular complexity index is 778. The van der Waals surface area contributed by atoms with E-state index in [9.17, 15) is 0 Å². The predicted molar refractivity (Wildman–Crippen MR) is 114 cm³/mol. The number of hydrogen-bond acceptors (Lipinski definition) is 2. The second-order valence-electron chi connectivity index (χ2n) is 5.65. The lowest BCUT2D eigenvalue weighted by atomic mass is 10.2. The highest BCUT2D eigenvalue weighted by Gasteiger charge is 2.00. The van der Waals surface area contributed by atoms with Crippen molar-refractivity contribution in [1.29, 1.82) is 0 Å². The Balaban J connectivity index is 0.00000225. The summed E-state index contributed by atoms with van der Waals surface area (Å²) in [6, 6.07) is 10.6. The first-order valence-electron chi connectivity index (χ1n) is 8.31. The van der Waals surface area contributed by atoms with Gasteiger partial charge >= 0.3 is 0 Å². The summed E-state index contributed by atoms with van der Waals surface area (Å²) in [5.41, 5.74) is 1.29. The summed E-state index contributed by atoms with van der Waals surface area (Å²) in [6.07, 6.45) is 8.76. The van der Waals surface area contributed by atoms with Crippen LogP contribution in [0.5, 0.6) is 0 Å². The molecule has 0 aliphatic rings. The van der Waals surface area contributed by atoms with Crippen molar-refractivity contribution in [2.45, 2.75) is 19.5 Å². The summed E-state index contributed by atoms with van der Waals surface area (Å²) in [7, 11) is 1.80. The van der Waals surface area contributed by atoms with Gasteiger partial charge in [0.2, 0.25) is 0 Å². The monoisotopic (exact) mass is 452 g/mol. The molecule has 0 aliphatic heterocycles. The van der Waals surface area contributed by atoms with Gasteiger partial charge in [0.15, 0.2) is 5.96 Å². The van der Waals surface area contributed by atoms with Crippen LogP contribution < -0.4 is 10.6 Å². The van der Waals surface area contributed by atoms with Crippen LogP contribution in [0.3, 0.4) is 0 Å². The standard InChI is InChI=1S/C18H24N6.HI/c1-19-18(22-10-14-23-13-9-20-15-23)21-8-4-11-24-12-7-16-5-2-3-6-17(16)24;/h2-3,5-7,9,12-13,15H,4,8,10-11,14H2,1H3,(H2,19,21,22);1H. The van der Waals surface area contributed by atoms with Crippen LogP contribution >= 0.6 is 24.0 Å². The molecule has 2 heterocycles. The van der Waals surface area contributed by atoms with Crippen molar-refractivity contribution in [2.75, 3.05) is 20.1 Å². The number of nitrogens with zero attached hydrogens (tertiary/aromatic N) is 4. The molecule has 0 saturated carbocycles. The second kappa shape index (κ2) is 10.1. The molecule has 0 unspecified atom stereocenters. The number of aryl methyl sites for hydroxylation is 1. The first-order valence-corrected chi connectivity index (χ1v) is 8.31. The van der Waals surface area contributed by atoms with Crippen LogP contribution in [0.25, 0.3) is 10.9 Å². The molecule has 0 radical (unpaired) electrons. The summed E-state index contributed by atoms with van der Waals surface area (Å²) in [6.45, 7) is 3.57. The lowest BCUT2D eigenvalue weighted by Crippen LogP contribution is -2.39. The topological polar surface area (TPSA) is 59.2 Å². The number of para-hydroxylation sites is 1. The number of aromatic nitrogens is 3. The normalized spacial score (nSPS) is 11.3. The molecule has 134 valence electrons. The Morgan fingerprint density at radius 2 is 1.92 bits per heavy atom. The van der Waals surface area contributed by atoms with E-state index in [1.54, 1.807) is 13.2 Å². The number of imidazole rings is 1. The third-order valence-electron chi connectivity index (χ3n) is 3.99. The fraction of sp³-hybridized carbons (Fsp3) is 0.333. The van der Waals surface area contributed by atoms with Crippen molar-refractivity contribution < 1.29 is 0 Å². The summed E-state index contributed by atoms with van der Waals surface area (Å²) >= 11 is 0. The number of aliphatic imine (C=N–C) groups is 1. The first kappa shape index (κ1) is 19.3. The van der Waals surface area contributed by atoms with Crippen LogP contribution in [0.4, 0.5) is 0 Å². The lowest BCUT2D eigenvalue weighted by Gasteiger charge is -2.12. The number of halogens is 1. The van der Waals surface area contributed by atoms with Gasteiger partial charge in [-0.3, -0.25) is 4.99 Å². The Kier molecular flexibility index (Phi) is 7.77. The van der Waals surface area contributed by atoms with Crippen LogP contribution in [-0.4, -0.2) is 40.2 Å². The highest BCUT2D eigenvalue weighted by molar-refractivity contribution is 14.0. The van der Waals surface area contributed by atoms with E-state index in [-0.39, 0.29) is 24.0 Å². The number of rotatable bonds is 7. The van der Waals surface area contributed by atoms with Gasteiger partial charge in [0.25, 0.3) is 0 Å². The largest absolute Gasteiger partial charge is 0.356 e. The smallest absolute Gasteiger partial charge is 0.191 e. The number of benzene rings is 1. The fourth-order valence-corrected chi connectivity index (χ4v) is 2.73. The van der Waals surface area contributed by atoms with E-state index in [2.05, 4.69) is 61.7 Å². The molecule has 0 saturated heterocycles. The molecule has 0 bridgehead atoms. The molecule has 2 N–H and O–H groups in total. The van der Waals surface area contributed by atoms with Gasteiger partial charge < -0.3 is 19.8 Å². The Morgan fingerprint density at radius 3 is 2.72 bits per heavy atom. The van der Waals surface area contributed by atoms with E-state index in [1.807, 2.05) is 17.1 Å². The van der Waals surface area contributed by atoms with Gasteiger partial charge in [0.05, 0.1) is 6.33 Å². The molecule has 7 heteroatoms. The van der Waals surface area contributed by atoms with E-state index >= 15 is 0 Å². The van der Waals surface area contributed by atoms with Gasteiger partial charge in [-0.05, 0) is 23.9 Å². The molecule has 0 fully saturated rings. The molecule has 0 amide bonds. The minimum absolute atomic E-state index is 0. The summed E-state index contributed by atoms with van der Waals surface area (Å²) in [5.74, 6) is 0.840. The maximum atomic E-state index is 4.25. The quantitative estimate of drug-likeness (QED) is 0.251. The zero-order valence-corrected chi connectivity index (χ0v) is 16.8. The molecule has 1 aromatic carbocycles. The maximum absolute atomic E-state index is 4.25. The Morgan fingerprint density at radius 1 is 1.08 bits per heavy atom. The molecule has 3 aromatic rings. The van der Waals surface area contributed by atoms with E-state index < -0.39 is 0 Å². The molecule has 2 aromatic heterocycles. The molecule has 25 heavy (non-hydrogen) atoms. The van der Waals surface area contributed by atoms with Crippen LogP contribution in [-0.2, 0) is 13.1 Å². The predicted octanol–water partition coefficient (Wildman–Crippen LogP) is 2.71. The molecule has 0 atom stereocenters. The van der Waals surface area contributed by atoms with Crippen LogP contribution in [0.15, 0.2) is 60.2 Å². The number of hydrogen-bond donors (Lipinski definition) is 2. The zero-order chi connectivity index (χ0) is 16.6. The van der Waals surface area contributed by atoms with Gasteiger partial charge in [-0.1, -0.05) is 18.2 Å². The van der Waals surface area contributed by atoms with Gasteiger partial charge in [0, 0.05) is 57.3 Å². The first-order chi connectivity index (χ1) is 11.9. The fourth-order valence-electron chi connectivity index (χ4n) is 2.73. The second-order valence-corrected chi connectivity index (χ2v) is 5.65. The van der Waals surface area contributed by atoms with E-state index in [0.29, 0.717) is 0 Å². The van der Waals surface area contributed by atoms with Crippen LogP contribution in [0.2, 0.25) is 0 Å². The Labute approximate surface area is 165 Å². The van der Waals surface area contributed by atoms with Gasteiger partial charge in [-0.2, -0.15) is 0 Å². The van der Waals surface area contributed by atoms with Crippen molar-refractivity contribution in [3.63, 3.8) is 0 Å². The molecule has 0 aliphatic carbocycles. The van der Waals surface area contributed by atoms with Crippen molar-refractivity contribution in [2.24, 2.45) is 4.99 Å². The molecule has 0 spiro atoms. The van der Waals surface area contributed by atoms with Crippen molar-refractivity contribution in [1.82, 2.24) is 24.8 Å².